The van der Waals surface area contributed by atoms with E-state index in [-0.39, 0.29) is 42.1 Å². The second-order valence-electron chi connectivity index (χ2n) is 12.8. The molecule has 0 fully saturated rings. The van der Waals surface area contributed by atoms with Crippen molar-refractivity contribution in [2.24, 2.45) is 17.6 Å². The van der Waals surface area contributed by atoms with E-state index >= 15 is 0 Å². The lowest BCUT2D eigenvalue weighted by Gasteiger charge is -2.50. The number of aliphatic hydroxyl groups is 3. The highest BCUT2D eigenvalue weighted by Gasteiger charge is 2.63. The quantitative estimate of drug-likeness (QED) is 0.175. The van der Waals surface area contributed by atoms with Crippen LogP contribution in [0.25, 0.3) is 0 Å². The van der Waals surface area contributed by atoms with Crippen molar-refractivity contribution in [1.29, 1.82) is 0 Å². The molecule has 3 aliphatic carbocycles. The Hall–Kier alpha value is -4.10. The number of phenols is 2. The van der Waals surface area contributed by atoms with Crippen LogP contribution in [-0.4, -0.2) is 108 Å². The molecular weight excluding hydrogens is 616 g/mol. The van der Waals surface area contributed by atoms with Crippen molar-refractivity contribution in [1.82, 2.24) is 9.38 Å². The number of allylic oxidation sites excluding steroid dienone is 1. The van der Waals surface area contributed by atoms with E-state index in [9.17, 15) is 39.9 Å². The van der Waals surface area contributed by atoms with Gasteiger partial charge in [-0.2, -0.15) is 0 Å². The highest BCUT2D eigenvalue weighted by molar-refractivity contribution is 6.24. The SMILES string of the molecule is CC[N+](C)(C)c1cccc(O)c1.CN(C)c1ccc(O)c2c1C[C@H]1C[C@H]3[C@H](N(C)C)C(O)=C(C(N)=O)C(=O)[C@@]3(O)C(O)=C1C2=O.[Cl-]. The minimum atomic E-state index is -2.63. The third-order valence-electron chi connectivity index (χ3n) is 9.38. The first kappa shape index (κ1) is 36.4. The monoisotopic (exact) mass is 658 g/mol. The van der Waals surface area contributed by atoms with Crippen LogP contribution in [0.1, 0.15) is 29.3 Å². The summed E-state index contributed by atoms with van der Waals surface area (Å²) in [6, 6.07) is 9.47. The summed E-state index contributed by atoms with van der Waals surface area (Å²) < 4.78 is 0.800. The van der Waals surface area contributed by atoms with Gasteiger partial charge in [-0.05, 0) is 69.6 Å². The van der Waals surface area contributed by atoms with Crippen LogP contribution < -0.4 is 27.5 Å². The molecule has 7 N–H and O–H groups in total. The maximum Gasteiger partial charge on any atom is 0.255 e. The number of hydrogen-bond acceptors (Lipinski definition) is 10. The first-order chi connectivity index (χ1) is 20.9. The maximum absolute atomic E-state index is 13.5. The van der Waals surface area contributed by atoms with Gasteiger partial charge in [0.05, 0.1) is 32.2 Å². The molecule has 5 rings (SSSR count). The van der Waals surface area contributed by atoms with Gasteiger partial charge in [-0.25, -0.2) is 0 Å². The van der Waals surface area contributed by atoms with E-state index in [1.165, 1.54) is 11.0 Å². The molecule has 3 aliphatic rings. The van der Waals surface area contributed by atoms with Crippen molar-refractivity contribution in [3.05, 3.63) is 70.2 Å². The van der Waals surface area contributed by atoms with Crippen LogP contribution >= 0.6 is 0 Å². The second kappa shape index (κ2) is 13.0. The molecule has 12 nitrogen and oxygen atoms in total. The first-order valence-corrected chi connectivity index (χ1v) is 14.7. The number of aliphatic hydroxyl groups excluding tert-OH is 2. The predicted octanol–water partition coefficient (Wildman–Crippen LogP) is -0.830. The van der Waals surface area contributed by atoms with Crippen LogP contribution in [0.4, 0.5) is 11.4 Å². The molecule has 0 unspecified atom stereocenters. The number of carbonyl (C=O) groups excluding carboxylic acids is 3. The smallest absolute Gasteiger partial charge is 0.255 e. The fourth-order valence-electron chi connectivity index (χ4n) is 6.71. The Morgan fingerprint density at radius 1 is 1.04 bits per heavy atom. The minimum Gasteiger partial charge on any atom is -1.00 e. The summed E-state index contributed by atoms with van der Waals surface area (Å²) in [4.78, 5) is 42.0. The molecule has 2 aromatic carbocycles. The fourth-order valence-corrected chi connectivity index (χ4v) is 6.71. The van der Waals surface area contributed by atoms with Gasteiger partial charge in [0.1, 0.15) is 34.3 Å². The van der Waals surface area contributed by atoms with Crippen molar-refractivity contribution in [2.45, 2.75) is 31.4 Å². The van der Waals surface area contributed by atoms with Crippen LogP contribution in [0.5, 0.6) is 11.5 Å². The number of ketones is 2. The average Bonchev–Trinajstić information content (AvgIpc) is 2.95. The molecule has 250 valence electrons. The van der Waals surface area contributed by atoms with Crippen LogP contribution in [0.2, 0.25) is 0 Å². The number of anilines is 1. The summed E-state index contributed by atoms with van der Waals surface area (Å²) in [6.07, 6.45) is 0.324. The van der Waals surface area contributed by atoms with Crippen LogP contribution in [-0.2, 0) is 16.0 Å². The summed E-state index contributed by atoms with van der Waals surface area (Å²) in [7, 11) is 11.0. The molecule has 0 aromatic heterocycles. The van der Waals surface area contributed by atoms with Crippen molar-refractivity contribution >= 4 is 28.8 Å². The molecule has 0 saturated heterocycles. The van der Waals surface area contributed by atoms with E-state index < -0.39 is 58.0 Å². The molecule has 2 aromatic rings. The van der Waals surface area contributed by atoms with Gasteiger partial charge < -0.3 is 48.6 Å². The number of amides is 1. The molecule has 0 bridgehead atoms. The number of nitrogens with two attached hydrogens (primary N) is 1. The Kier molecular flexibility index (Phi) is 10.2. The van der Waals surface area contributed by atoms with Crippen LogP contribution in [0.15, 0.2) is 59.1 Å². The summed E-state index contributed by atoms with van der Waals surface area (Å²) in [5, 5.41) is 53.2. The van der Waals surface area contributed by atoms with Gasteiger partial charge in [0.2, 0.25) is 5.78 Å². The third-order valence-corrected chi connectivity index (χ3v) is 9.38. The van der Waals surface area contributed by atoms with E-state index in [1.54, 1.807) is 45.2 Å². The lowest BCUT2D eigenvalue weighted by molar-refractivity contribution is -0.148. The molecule has 13 heteroatoms. The highest BCUT2D eigenvalue weighted by Crippen LogP contribution is 2.53. The number of halogens is 1. The Labute approximate surface area is 274 Å². The molecule has 0 aliphatic heterocycles. The van der Waals surface area contributed by atoms with Gasteiger partial charge in [-0.1, -0.05) is 6.07 Å². The van der Waals surface area contributed by atoms with Crippen LogP contribution in [0.3, 0.4) is 0 Å². The number of hydrogen-bond donors (Lipinski definition) is 6. The molecule has 0 saturated carbocycles. The normalized spacial score (nSPS) is 23.9. The van der Waals surface area contributed by atoms with Gasteiger partial charge in [0.15, 0.2) is 11.4 Å². The zero-order valence-electron chi connectivity index (χ0n) is 27.1. The van der Waals surface area contributed by atoms with Crippen molar-refractivity contribution < 1.29 is 52.3 Å². The number of carbonyl (C=O) groups is 3. The number of Topliss-reactive ketones (excluding diaryl/α,β-unsaturated/α-hetero) is 2. The molecule has 46 heavy (non-hydrogen) atoms. The van der Waals surface area contributed by atoms with Crippen molar-refractivity contribution in [3.8, 4) is 11.5 Å². The average molecular weight is 659 g/mol. The molecule has 0 radical (unpaired) electrons. The van der Waals surface area contributed by atoms with Gasteiger partial charge in [-0.15, -0.1) is 0 Å². The number of likely N-dealkylation sites (N-methyl/N-ethyl adjacent to an activating group) is 1. The Morgan fingerprint density at radius 2 is 1.67 bits per heavy atom. The number of fused-ring (bicyclic) bond motifs is 3. The van der Waals surface area contributed by atoms with E-state index in [2.05, 4.69) is 21.0 Å². The van der Waals surface area contributed by atoms with Crippen molar-refractivity contribution in [3.63, 3.8) is 0 Å². The molecule has 0 heterocycles. The lowest BCUT2D eigenvalue weighted by Crippen LogP contribution is -3.00. The standard InChI is InChI=1S/C23H27N3O7.C10H15NO.ClH/c1-25(2)12-5-6-13(27)15-10(12)7-9-8-11-17(26(3)4)19(29)16(22(24)32)21(31)23(11,33)20(30)14(9)18(15)28;1-4-11(2,3)9-6-5-7-10(12)8-9;/h5-6,9,11,17,27,29-30,33H,7-8H2,1-4H3,(H2,24,32);5-8H,4H2,1-3H3;1H/t9-,11-,17-,23-;;/m0../s1. The van der Waals surface area contributed by atoms with Crippen LogP contribution in [0, 0.1) is 11.8 Å². The van der Waals surface area contributed by atoms with E-state index in [4.69, 9.17) is 5.73 Å². The topological polar surface area (TPSA) is 185 Å². The summed E-state index contributed by atoms with van der Waals surface area (Å²) >= 11 is 0. The maximum atomic E-state index is 13.5. The van der Waals surface area contributed by atoms with E-state index in [1.807, 2.05) is 18.2 Å². The zero-order valence-corrected chi connectivity index (χ0v) is 27.8. The Bertz CT molecular complexity index is 1630. The summed E-state index contributed by atoms with van der Waals surface area (Å²) in [5.74, 6) is -6.19. The number of quaternary nitrogens is 1. The Balaban J connectivity index is 0.000000375. The number of nitrogens with zero attached hydrogens (tertiary/aromatic N) is 3. The van der Waals surface area contributed by atoms with Gasteiger partial charge >= 0.3 is 0 Å². The molecular formula is C33H43ClN4O8. The number of rotatable bonds is 5. The van der Waals surface area contributed by atoms with Gasteiger partial charge in [-0.3, -0.25) is 23.8 Å². The predicted molar refractivity (Wildman–Crippen MR) is 170 cm³/mol. The molecule has 0 spiro atoms. The second-order valence-corrected chi connectivity index (χ2v) is 12.8. The molecule has 1 amide bonds. The number of aromatic hydroxyl groups is 2. The zero-order chi connectivity index (χ0) is 33.8. The first-order valence-electron chi connectivity index (χ1n) is 14.7. The van der Waals surface area contributed by atoms with Crippen molar-refractivity contribution in [2.75, 3.05) is 53.7 Å². The Morgan fingerprint density at radius 3 is 2.20 bits per heavy atom. The highest BCUT2D eigenvalue weighted by atomic mass is 35.5. The molecule has 4 atom stereocenters. The van der Waals surface area contributed by atoms with E-state index in [0.717, 1.165) is 22.4 Å². The summed E-state index contributed by atoms with van der Waals surface area (Å²) in [6.45, 7) is 3.15. The summed E-state index contributed by atoms with van der Waals surface area (Å²) in [5.41, 5.74) is 4.16. The number of primary amides is 1. The van der Waals surface area contributed by atoms with Gasteiger partial charge in [0.25, 0.3) is 5.91 Å². The minimum absolute atomic E-state index is 0. The lowest BCUT2D eigenvalue weighted by atomic mass is 9.58. The number of benzene rings is 2. The fraction of sp³-hybridized carbons (Fsp3) is 0.424. The largest absolute Gasteiger partial charge is 1.00 e. The van der Waals surface area contributed by atoms with E-state index in [0.29, 0.717) is 11.3 Å². The van der Waals surface area contributed by atoms with Gasteiger partial charge in [0, 0.05) is 37.3 Å². The number of phenolic OH excluding ortho intramolecular Hbond substituents is 2. The third kappa shape index (κ3) is 5.81.